The predicted molar refractivity (Wildman–Crippen MR) is 81.6 cm³/mol. The Morgan fingerprint density at radius 1 is 1.48 bits per heavy atom. The predicted octanol–water partition coefficient (Wildman–Crippen LogP) is 0.493. The lowest BCUT2D eigenvalue weighted by Gasteiger charge is -2.10. The van der Waals surface area contributed by atoms with Gasteiger partial charge in [0.15, 0.2) is 19.7 Å². The fourth-order valence-corrected chi connectivity index (χ4v) is 4.92. The molecule has 1 aliphatic heterocycles. The molecule has 2 N–H and O–H groups in total. The van der Waals surface area contributed by atoms with Crippen molar-refractivity contribution in [3.8, 4) is 0 Å². The zero-order chi connectivity index (χ0) is 16.0. The molecule has 9 heteroatoms. The van der Waals surface area contributed by atoms with Gasteiger partial charge >= 0.3 is 0 Å². The Bertz CT molecular complexity index is 750. The molecule has 0 aliphatic carbocycles. The molecular weight excluding hydrogens is 314 g/mol. The molecule has 1 aromatic rings. The Kier molecular flexibility index (Phi) is 4.09. The summed E-state index contributed by atoms with van der Waals surface area (Å²) in [6, 6.07) is -0.305. The summed E-state index contributed by atoms with van der Waals surface area (Å²) >= 11 is 0. The van der Waals surface area contributed by atoms with Gasteiger partial charge in [-0.15, -0.1) is 0 Å². The number of hydrogen-bond donors (Lipinski definition) is 1. The zero-order valence-corrected chi connectivity index (χ0v) is 14.0. The molecule has 2 atom stereocenters. The molecule has 120 valence electrons. The summed E-state index contributed by atoms with van der Waals surface area (Å²) in [6.45, 7) is 3.45. The fraction of sp³-hybridized carbons (Fsp3) is 0.750. The second-order valence-electron chi connectivity index (χ2n) is 5.58. The molecule has 1 saturated heterocycles. The number of nitrogens with two attached hydrogens (primary N) is 1. The van der Waals surface area contributed by atoms with Gasteiger partial charge in [0.25, 0.3) is 0 Å². The minimum Gasteiger partial charge on any atom is -0.384 e. The Hall–Kier alpha value is -1.09. The van der Waals surface area contributed by atoms with E-state index in [-0.39, 0.29) is 17.5 Å². The third-order valence-electron chi connectivity index (χ3n) is 4.02. The molecule has 2 unspecified atom stereocenters. The van der Waals surface area contributed by atoms with Gasteiger partial charge < -0.3 is 5.73 Å². The van der Waals surface area contributed by atoms with E-state index in [1.807, 2.05) is 6.92 Å². The van der Waals surface area contributed by atoms with Crippen LogP contribution in [-0.2, 0) is 26.1 Å². The topological polar surface area (TPSA) is 112 Å². The molecule has 2 heterocycles. The lowest BCUT2D eigenvalue weighted by atomic mass is 10.1. The first-order chi connectivity index (χ1) is 9.57. The molecule has 2 rings (SSSR count). The number of anilines is 1. The first kappa shape index (κ1) is 16.3. The largest absolute Gasteiger partial charge is 0.384 e. The number of rotatable bonds is 4. The van der Waals surface area contributed by atoms with E-state index < -0.39 is 24.9 Å². The minimum absolute atomic E-state index is 0.00866. The van der Waals surface area contributed by atoms with Crippen molar-refractivity contribution < 1.29 is 16.8 Å². The number of hydrogen-bond acceptors (Lipinski definition) is 6. The van der Waals surface area contributed by atoms with Gasteiger partial charge in [0.2, 0.25) is 0 Å². The van der Waals surface area contributed by atoms with E-state index >= 15 is 0 Å². The molecule has 7 nitrogen and oxygen atoms in total. The van der Waals surface area contributed by atoms with Crippen LogP contribution < -0.4 is 5.73 Å². The second kappa shape index (κ2) is 5.28. The molecule has 0 bridgehead atoms. The van der Waals surface area contributed by atoms with Crippen molar-refractivity contribution >= 4 is 25.5 Å². The normalized spacial score (nSPS) is 23.3. The highest BCUT2D eigenvalue weighted by molar-refractivity contribution is 7.91. The van der Waals surface area contributed by atoms with E-state index in [4.69, 9.17) is 5.73 Å². The average Bonchev–Trinajstić information content (AvgIpc) is 2.87. The molecule has 1 aliphatic rings. The first-order valence-electron chi connectivity index (χ1n) is 6.83. The highest BCUT2D eigenvalue weighted by Gasteiger charge is 2.33. The molecule has 1 aromatic heterocycles. The average molecular weight is 335 g/mol. The third kappa shape index (κ3) is 3.08. The molecule has 1 fully saturated rings. The van der Waals surface area contributed by atoms with Crippen molar-refractivity contribution in [2.45, 2.75) is 38.0 Å². The van der Waals surface area contributed by atoms with Crippen LogP contribution in [0.4, 0.5) is 5.82 Å². The first-order valence-corrected chi connectivity index (χ1v) is 10.6. The lowest BCUT2D eigenvalue weighted by molar-refractivity contribution is 0.500. The van der Waals surface area contributed by atoms with Gasteiger partial charge in [-0.25, -0.2) is 21.5 Å². The monoisotopic (exact) mass is 335 g/mol. The van der Waals surface area contributed by atoms with Crippen molar-refractivity contribution in [3.63, 3.8) is 0 Å². The van der Waals surface area contributed by atoms with Crippen LogP contribution in [0.25, 0.3) is 0 Å². The molecule has 0 aromatic carbocycles. The van der Waals surface area contributed by atoms with Crippen molar-refractivity contribution in [1.82, 2.24) is 9.78 Å². The van der Waals surface area contributed by atoms with Gasteiger partial charge in [-0.2, -0.15) is 5.10 Å². The Morgan fingerprint density at radius 2 is 2.10 bits per heavy atom. The standard InChI is InChI=1S/C12H21N3O4S2/c1-4-10-11(8(2)20(3,16)17)14-15(12(10)13)9-5-6-21(18,19)7-9/h8-9H,4-7,13H2,1-3H3. The summed E-state index contributed by atoms with van der Waals surface area (Å²) in [5.74, 6) is 0.509. The molecule has 0 radical (unpaired) electrons. The molecule has 0 saturated carbocycles. The number of nitrogen functional groups attached to an aromatic ring is 1. The maximum absolute atomic E-state index is 11.8. The van der Waals surface area contributed by atoms with Gasteiger partial charge in [-0.3, -0.25) is 0 Å². The van der Waals surface area contributed by atoms with E-state index in [2.05, 4.69) is 5.10 Å². The lowest BCUT2D eigenvalue weighted by Crippen LogP contribution is -2.15. The van der Waals surface area contributed by atoms with Gasteiger partial charge in [0.1, 0.15) is 11.1 Å². The Morgan fingerprint density at radius 3 is 2.52 bits per heavy atom. The van der Waals surface area contributed by atoms with Crippen molar-refractivity contribution in [2.24, 2.45) is 0 Å². The maximum atomic E-state index is 11.8. The smallest absolute Gasteiger partial charge is 0.155 e. The van der Waals surface area contributed by atoms with Crippen LogP contribution >= 0.6 is 0 Å². The van der Waals surface area contributed by atoms with Crippen LogP contribution in [0, 0.1) is 0 Å². The summed E-state index contributed by atoms with van der Waals surface area (Å²) < 4.78 is 48.2. The van der Waals surface area contributed by atoms with Crippen molar-refractivity contribution in [3.05, 3.63) is 11.3 Å². The van der Waals surface area contributed by atoms with Gasteiger partial charge in [0, 0.05) is 11.8 Å². The maximum Gasteiger partial charge on any atom is 0.155 e. The van der Waals surface area contributed by atoms with E-state index in [1.54, 1.807) is 6.92 Å². The zero-order valence-electron chi connectivity index (χ0n) is 12.4. The number of aromatic nitrogens is 2. The quantitative estimate of drug-likeness (QED) is 0.857. The number of sulfone groups is 2. The highest BCUT2D eigenvalue weighted by Crippen LogP contribution is 2.33. The van der Waals surface area contributed by atoms with E-state index in [0.29, 0.717) is 29.9 Å². The summed E-state index contributed by atoms with van der Waals surface area (Å²) in [5.41, 5.74) is 7.20. The SMILES string of the molecule is CCc1c(C(C)S(C)(=O)=O)nn(C2CCS(=O)(=O)C2)c1N. The van der Waals surface area contributed by atoms with Gasteiger partial charge in [-0.05, 0) is 19.8 Å². The van der Waals surface area contributed by atoms with Crippen LogP contribution in [0.5, 0.6) is 0 Å². The summed E-state index contributed by atoms with van der Waals surface area (Å²) in [7, 11) is -6.34. The minimum atomic E-state index is -3.29. The van der Waals surface area contributed by atoms with Crippen LogP contribution in [0.2, 0.25) is 0 Å². The molecule has 21 heavy (non-hydrogen) atoms. The Balaban J connectivity index is 2.49. The van der Waals surface area contributed by atoms with E-state index in [0.717, 1.165) is 6.26 Å². The number of nitrogens with zero attached hydrogens (tertiary/aromatic N) is 2. The van der Waals surface area contributed by atoms with E-state index in [1.165, 1.54) is 4.68 Å². The molecular formula is C12H21N3O4S2. The molecule has 0 spiro atoms. The van der Waals surface area contributed by atoms with Crippen molar-refractivity contribution in [1.29, 1.82) is 0 Å². The molecule has 0 amide bonds. The second-order valence-corrected chi connectivity index (χ2v) is 10.2. The van der Waals surface area contributed by atoms with Crippen LogP contribution in [0.3, 0.4) is 0 Å². The highest BCUT2D eigenvalue weighted by atomic mass is 32.2. The fourth-order valence-electron chi connectivity index (χ4n) is 2.64. The van der Waals surface area contributed by atoms with Crippen LogP contribution in [-0.4, -0.2) is 44.4 Å². The van der Waals surface area contributed by atoms with E-state index in [9.17, 15) is 16.8 Å². The Labute approximate surface area is 125 Å². The van der Waals surface area contributed by atoms with Crippen molar-refractivity contribution in [2.75, 3.05) is 23.5 Å². The third-order valence-corrected chi connectivity index (χ3v) is 7.27. The summed E-state index contributed by atoms with van der Waals surface area (Å²) in [4.78, 5) is 0. The van der Waals surface area contributed by atoms with Crippen LogP contribution in [0.15, 0.2) is 0 Å². The summed E-state index contributed by atoms with van der Waals surface area (Å²) in [5, 5.41) is 3.59. The van der Waals surface area contributed by atoms with Gasteiger partial charge in [0.05, 0.1) is 23.2 Å². The van der Waals surface area contributed by atoms with Gasteiger partial charge in [-0.1, -0.05) is 6.92 Å². The van der Waals surface area contributed by atoms with Crippen LogP contribution in [0.1, 0.15) is 42.8 Å². The summed E-state index contributed by atoms with van der Waals surface area (Å²) in [6.07, 6.45) is 2.18.